The first kappa shape index (κ1) is 62.8. The van der Waals surface area contributed by atoms with E-state index in [1.165, 1.54) is 89.9 Å². The van der Waals surface area contributed by atoms with Crippen LogP contribution in [0.4, 0.5) is 0 Å². The second-order valence-corrected chi connectivity index (χ2v) is 18.2. The van der Waals surface area contributed by atoms with Crippen LogP contribution in [0.5, 0.6) is 0 Å². The van der Waals surface area contributed by atoms with Gasteiger partial charge in [-0.05, 0) is 109 Å². The van der Waals surface area contributed by atoms with Crippen molar-refractivity contribution in [2.45, 2.75) is 264 Å². The van der Waals surface area contributed by atoms with Crippen LogP contribution in [0, 0.1) is 0 Å². The summed E-state index contributed by atoms with van der Waals surface area (Å²) in [7, 11) is 0. The maximum atomic E-state index is 13.2. The first-order valence-electron chi connectivity index (χ1n) is 27.5. The number of allylic oxidation sites excluding steroid dienone is 16. The molecule has 0 spiro atoms. The Morgan fingerprint density at radius 1 is 0.455 bits per heavy atom. The molecule has 0 radical (unpaired) electrons. The Labute approximate surface area is 407 Å². The Kier molecular flexibility index (Phi) is 50.2. The predicted octanol–water partition coefficient (Wildman–Crippen LogP) is 16.9. The zero-order chi connectivity index (χ0) is 48.1. The van der Waals surface area contributed by atoms with E-state index in [0.29, 0.717) is 19.3 Å². The van der Waals surface area contributed by atoms with Crippen LogP contribution in [-0.4, -0.2) is 46.9 Å². The average Bonchev–Trinajstić information content (AvgIpc) is 3.31. The lowest BCUT2D eigenvalue weighted by atomic mass is 10.0. The van der Waals surface area contributed by atoms with Crippen molar-refractivity contribution in [1.82, 2.24) is 5.32 Å². The third-order valence-corrected chi connectivity index (χ3v) is 11.9. The molecule has 6 heteroatoms. The highest BCUT2D eigenvalue weighted by Gasteiger charge is 2.24. The molecule has 0 saturated carbocycles. The predicted molar refractivity (Wildman–Crippen MR) is 287 cm³/mol. The lowest BCUT2D eigenvalue weighted by molar-refractivity contribution is -0.151. The Balaban J connectivity index is 4.71. The molecule has 0 aliphatic rings. The quantitative estimate of drug-likeness (QED) is 0.0321. The molecule has 1 amide bonds. The van der Waals surface area contributed by atoms with E-state index in [0.717, 1.165) is 109 Å². The number of rotatable bonds is 48. The van der Waals surface area contributed by atoms with Gasteiger partial charge >= 0.3 is 5.97 Å². The van der Waals surface area contributed by atoms with E-state index in [1.807, 2.05) is 0 Å². The van der Waals surface area contributed by atoms with Gasteiger partial charge in [-0.2, -0.15) is 0 Å². The lowest BCUT2D eigenvalue weighted by Crippen LogP contribution is -2.46. The molecule has 0 aromatic rings. The van der Waals surface area contributed by atoms with Crippen LogP contribution < -0.4 is 5.32 Å². The van der Waals surface area contributed by atoms with Gasteiger partial charge in [0.05, 0.1) is 25.2 Å². The van der Waals surface area contributed by atoms with Crippen molar-refractivity contribution in [2.75, 3.05) is 6.61 Å². The first-order valence-corrected chi connectivity index (χ1v) is 27.5. The molecule has 0 saturated heterocycles. The molecule has 66 heavy (non-hydrogen) atoms. The monoisotopic (exact) mass is 918 g/mol. The lowest BCUT2D eigenvalue weighted by Gasteiger charge is -2.24. The molecule has 0 bridgehead atoms. The molecule has 378 valence electrons. The molecular formula is C60H103NO5. The number of hydrogen-bond donors (Lipinski definition) is 3. The Bertz CT molecular complexity index is 1310. The van der Waals surface area contributed by atoms with Gasteiger partial charge in [-0.25, -0.2) is 0 Å². The smallest absolute Gasteiger partial charge is 0.306 e. The molecule has 6 nitrogen and oxygen atoms in total. The van der Waals surface area contributed by atoms with Crippen molar-refractivity contribution >= 4 is 11.9 Å². The van der Waals surface area contributed by atoms with E-state index in [1.54, 1.807) is 0 Å². The number of aliphatic hydroxyl groups is 2. The molecule has 0 heterocycles. The van der Waals surface area contributed by atoms with Crippen molar-refractivity contribution in [3.8, 4) is 0 Å². The van der Waals surface area contributed by atoms with Crippen LogP contribution in [-0.2, 0) is 14.3 Å². The summed E-state index contributed by atoms with van der Waals surface area (Å²) >= 11 is 0. The number of esters is 1. The largest absolute Gasteiger partial charge is 0.462 e. The molecule has 0 fully saturated rings. The molecule has 0 aliphatic carbocycles. The van der Waals surface area contributed by atoms with Gasteiger partial charge in [0.25, 0.3) is 0 Å². The minimum Gasteiger partial charge on any atom is -0.462 e. The number of unbranched alkanes of at least 4 members (excludes halogenated alkanes) is 20. The van der Waals surface area contributed by atoms with Gasteiger partial charge in [-0.3, -0.25) is 9.59 Å². The van der Waals surface area contributed by atoms with Gasteiger partial charge in [0, 0.05) is 6.42 Å². The maximum absolute atomic E-state index is 13.2. The minimum atomic E-state index is -0.809. The number of carbonyl (C=O) groups excluding carboxylic acids is 2. The maximum Gasteiger partial charge on any atom is 0.306 e. The summed E-state index contributed by atoms with van der Waals surface area (Å²) in [5.74, 6) is -0.554. The SMILES string of the molecule is CC/C=C\C/C=C\C/C=C\C/C=C\C/C=C\CCCCCC(=O)OC(CCCC/C=C\C/C=C\C/C=C\CCCCC)CC(=O)NC(CO)C(O)CCCCCCCCCCCCCCC. The van der Waals surface area contributed by atoms with Crippen molar-refractivity contribution in [1.29, 1.82) is 0 Å². The van der Waals surface area contributed by atoms with Crippen LogP contribution in [0.3, 0.4) is 0 Å². The highest BCUT2D eigenvalue weighted by molar-refractivity contribution is 5.77. The summed E-state index contributed by atoms with van der Waals surface area (Å²) in [5.41, 5.74) is 0. The molecule has 0 aromatic heterocycles. The molecule has 0 rings (SSSR count). The van der Waals surface area contributed by atoms with E-state index in [-0.39, 0.29) is 24.9 Å². The van der Waals surface area contributed by atoms with Crippen LogP contribution in [0.25, 0.3) is 0 Å². The summed E-state index contributed by atoms with van der Waals surface area (Å²) < 4.78 is 5.92. The third kappa shape index (κ3) is 47.3. The molecule has 3 unspecified atom stereocenters. The minimum absolute atomic E-state index is 0.0332. The van der Waals surface area contributed by atoms with Crippen molar-refractivity contribution < 1.29 is 24.5 Å². The number of ether oxygens (including phenoxy) is 1. The number of aliphatic hydroxyl groups excluding tert-OH is 2. The zero-order valence-electron chi connectivity index (χ0n) is 43.0. The third-order valence-electron chi connectivity index (χ3n) is 11.9. The van der Waals surface area contributed by atoms with Crippen LogP contribution >= 0.6 is 0 Å². The summed E-state index contributed by atoms with van der Waals surface area (Å²) in [6, 6.07) is -0.727. The summed E-state index contributed by atoms with van der Waals surface area (Å²) in [6.07, 6.45) is 70.4. The van der Waals surface area contributed by atoms with Gasteiger partial charge in [0.1, 0.15) is 6.10 Å². The summed E-state index contributed by atoms with van der Waals surface area (Å²) in [5, 5.41) is 23.8. The summed E-state index contributed by atoms with van der Waals surface area (Å²) in [6.45, 7) is 6.32. The topological polar surface area (TPSA) is 95.9 Å². The molecule has 3 N–H and O–H groups in total. The fraction of sp³-hybridized carbons (Fsp3) is 0.700. The number of nitrogens with one attached hydrogen (secondary N) is 1. The Morgan fingerprint density at radius 3 is 1.27 bits per heavy atom. The van der Waals surface area contributed by atoms with E-state index in [2.05, 4.69) is 123 Å². The standard InChI is InChI=1S/C60H103NO5/c1-4-7-10-13-16-19-22-25-27-28-29-30-32-35-38-41-44-47-50-53-60(65)66-56(51-48-45-42-39-36-34-31-26-23-20-17-14-11-8-5-2)54-59(64)61-57(55-62)58(63)52-49-46-43-40-37-33-24-21-18-15-12-9-6-3/h7,10,16-17,19-20,25-27,29-31,35-36,38-39,56-58,62-63H,4-6,8-9,11-15,18,21-24,28,32-34,37,40-55H2,1-3H3,(H,61,64)/b10-7-,19-16-,20-17-,27-25-,30-29-,31-26-,38-35-,39-36-. The summed E-state index contributed by atoms with van der Waals surface area (Å²) in [4.78, 5) is 26.2. The Hall–Kier alpha value is -3.22. The van der Waals surface area contributed by atoms with E-state index in [4.69, 9.17) is 4.74 Å². The second kappa shape index (κ2) is 52.7. The Morgan fingerprint density at radius 2 is 0.818 bits per heavy atom. The number of amides is 1. The van der Waals surface area contributed by atoms with Gasteiger partial charge in [-0.15, -0.1) is 0 Å². The van der Waals surface area contributed by atoms with Crippen molar-refractivity contribution in [3.05, 3.63) is 97.2 Å². The first-order chi connectivity index (χ1) is 32.5. The average molecular weight is 918 g/mol. The van der Waals surface area contributed by atoms with Crippen LogP contribution in [0.1, 0.15) is 245 Å². The van der Waals surface area contributed by atoms with Gasteiger partial charge in [0.2, 0.25) is 5.91 Å². The van der Waals surface area contributed by atoms with Gasteiger partial charge < -0.3 is 20.3 Å². The fourth-order valence-electron chi connectivity index (χ4n) is 7.76. The number of carbonyl (C=O) groups is 2. The van der Waals surface area contributed by atoms with Crippen LogP contribution in [0.2, 0.25) is 0 Å². The van der Waals surface area contributed by atoms with E-state index in [9.17, 15) is 19.8 Å². The van der Waals surface area contributed by atoms with Gasteiger partial charge in [-0.1, -0.05) is 221 Å². The van der Waals surface area contributed by atoms with Crippen molar-refractivity contribution in [2.24, 2.45) is 0 Å². The van der Waals surface area contributed by atoms with E-state index < -0.39 is 18.2 Å². The van der Waals surface area contributed by atoms with Gasteiger partial charge in [0.15, 0.2) is 0 Å². The second-order valence-electron chi connectivity index (χ2n) is 18.2. The molecule has 0 aromatic carbocycles. The fourth-order valence-corrected chi connectivity index (χ4v) is 7.76. The van der Waals surface area contributed by atoms with Crippen molar-refractivity contribution in [3.63, 3.8) is 0 Å². The normalized spacial score (nSPS) is 14.0. The highest BCUT2D eigenvalue weighted by Crippen LogP contribution is 2.17. The molecule has 0 aliphatic heterocycles. The zero-order valence-corrected chi connectivity index (χ0v) is 43.0. The highest BCUT2D eigenvalue weighted by atomic mass is 16.5. The van der Waals surface area contributed by atoms with Crippen LogP contribution in [0.15, 0.2) is 97.2 Å². The van der Waals surface area contributed by atoms with E-state index >= 15 is 0 Å². The molecular weight excluding hydrogens is 815 g/mol. The molecule has 3 atom stereocenters. The number of hydrogen-bond acceptors (Lipinski definition) is 5.